The molecule has 1 aliphatic carbocycles. The van der Waals surface area contributed by atoms with Gasteiger partial charge in [0.1, 0.15) is 0 Å². The molecule has 1 saturated heterocycles. The van der Waals surface area contributed by atoms with E-state index in [1.807, 2.05) is 0 Å². The van der Waals surface area contributed by atoms with Gasteiger partial charge in [-0.3, -0.25) is 4.18 Å². The molecule has 13 heavy (non-hydrogen) atoms. The monoisotopic (exact) mass is 205 g/mol. The van der Waals surface area contributed by atoms with Gasteiger partial charge < -0.3 is 4.90 Å². The van der Waals surface area contributed by atoms with Gasteiger partial charge in [0.25, 0.3) is 10.1 Å². The molecular formula is C8H15NO3S. The highest BCUT2D eigenvalue weighted by Crippen LogP contribution is 2.51. The van der Waals surface area contributed by atoms with Crippen LogP contribution in [0.15, 0.2) is 0 Å². The van der Waals surface area contributed by atoms with E-state index in [4.69, 9.17) is 4.18 Å². The predicted molar refractivity (Wildman–Crippen MR) is 48.8 cm³/mol. The molecule has 0 aromatic heterocycles. The van der Waals surface area contributed by atoms with E-state index in [0.717, 1.165) is 19.3 Å². The Morgan fingerprint density at radius 2 is 1.92 bits per heavy atom. The summed E-state index contributed by atoms with van der Waals surface area (Å²) in [5, 5.41) is 0. The van der Waals surface area contributed by atoms with Crippen LogP contribution >= 0.6 is 0 Å². The molecule has 76 valence electrons. The molecule has 0 aromatic carbocycles. The lowest BCUT2D eigenvalue weighted by Gasteiger charge is -2.12. The molecule has 0 spiro atoms. The van der Waals surface area contributed by atoms with E-state index in [0.29, 0.717) is 24.4 Å². The van der Waals surface area contributed by atoms with E-state index in [9.17, 15) is 8.42 Å². The fraction of sp³-hybridized carbons (Fsp3) is 1.00. The van der Waals surface area contributed by atoms with Gasteiger partial charge in [0.15, 0.2) is 0 Å². The van der Waals surface area contributed by atoms with Crippen LogP contribution in [0.25, 0.3) is 0 Å². The minimum Gasteiger partial charge on any atom is -0.306 e. The molecule has 5 heteroatoms. The highest BCUT2D eigenvalue weighted by molar-refractivity contribution is 7.85. The van der Waals surface area contributed by atoms with Crippen LogP contribution in [-0.2, 0) is 14.3 Å². The van der Waals surface area contributed by atoms with Crippen molar-refractivity contribution in [3.63, 3.8) is 0 Å². The Balaban J connectivity index is 1.77. The minimum atomic E-state index is -3.24. The summed E-state index contributed by atoms with van der Waals surface area (Å²) in [4.78, 5) is 2.28. The molecule has 2 rings (SSSR count). The second kappa shape index (κ2) is 2.93. The first-order valence-corrected chi connectivity index (χ1v) is 6.32. The van der Waals surface area contributed by atoms with Crippen LogP contribution < -0.4 is 0 Å². The van der Waals surface area contributed by atoms with E-state index in [1.165, 1.54) is 0 Å². The van der Waals surface area contributed by atoms with Crippen LogP contribution in [0.5, 0.6) is 0 Å². The maximum atomic E-state index is 10.7. The van der Waals surface area contributed by atoms with E-state index in [-0.39, 0.29) is 0 Å². The molecule has 1 saturated carbocycles. The van der Waals surface area contributed by atoms with Crippen molar-refractivity contribution in [1.82, 2.24) is 4.90 Å². The van der Waals surface area contributed by atoms with Crippen LogP contribution in [0.4, 0.5) is 0 Å². The Hall–Kier alpha value is -0.130. The molecule has 0 radical (unpaired) electrons. The molecule has 3 atom stereocenters. The molecule has 0 aromatic rings. The largest absolute Gasteiger partial charge is 0.306 e. The molecule has 0 unspecified atom stereocenters. The minimum absolute atomic E-state index is 0.391. The van der Waals surface area contributed by atoms with Crippen molar-refractivity contribution >= 4 is 10.1 Å². The number of hydrogen-bond acceptors (Lipinski definition) is 4. The van der Waals surface area contributed by atoms with Crippen molar-refractivity contribution in [3.8, 4) is 0 Å². The Morgan fingerprint density at radius 3 is 2.38 bits per heavy atom. The zero-order valence-corrected chi connectivity index (χ0v) is 8.75. The number of hydrogen-bond donors (Lipinski definition) is 0. The smallest absolute Gasteiger partial charge is 0.264 e. The van der Waals surface area contributed by atoms with Crippen molar-refractivity contribution in [2.75, 3.05) is 33.0 Å². The SMILES string of the molecule is CN1C[C@@H]2[C@@H](COS(C)(=O)=O)[C@@H]2C1. The number of rotatable bonds is 3. The van der Waals surface area contributed by atoms with Crippen LogP contribution in [0.1, 0.15) is 0 Å². The van der Waals surface area contributed by atoms with E-state index in [1.54, 1.807) is 0 Å². The number of fused-ring (bicyclic) bond motifs is 1. The molecule has 0 amide bonds. The van der Waals surface area contributed by atoms with Gasteiger partial charge in [-0.05, 0) is 24.8 Å². The number of nitrogens with zero attached hydrogens (tertiary/aromatic N) is 1. The third-order valence-electron chi connectivity index (χ3n) is 3.03. The summed E-state index contributed by atoms with van der Waals surface area (Å²) in [6, 6.07) is 0. The summed E-state index contributed by atoms with van der Waals surface area (Å²) < 4.78 is 26.2. The van der Waals surface area contributed by atoms with Crippen LogP contribution in [0, 0.1) is 17.8 Å². The van der Waals surface area contributed by atoms with Gasteiger partial charge in [-0.25, -0.2) is 0 Å². The molecule has 2 fully saturated rings. The Morgan fingerprint density at radius 1 is 1.38 bits per heavy atom. The standard InChI is InChI=1S/C8H15NO3S/c1-9-3-6-7(4-9)8(6)5-12-13(2,10)11/h6-8H,3-5H2,1-2H3/t6-,7+,8+. The van der Waals surface area contributed by atoms with Gasteiger partial charge >= 0.3 is 0 Å². The van der Waals surface area contributed by atoms with Gasteiger partial charge in [0.2, 0.25) is 0 Å². The zero-order valence-electron chi connectivity index (χ0n) is 7.93. The lowest BCUT2D eigenvalue weighted by Crippen LogP contribution is -2.21. The summed E-state index contributed by atoms with van der Waals surface area (Å²) in [7, 11) is -1.14. The summed E-state index contributed by atoms with van der Waals surface area (Å²) in [5.41, 5.74) is 0. The Kier molecular flexibility index (Phi) is 2.13. The normalized spacial score (nSPS) is 39.1. The lowest BCUT2D eigenvalue weighted by molar-refractivity contribution is 0.259. The van der Waals surface area contributed by atoms with Gasteiger partial charge in [0.05, 0.1) is 12.9 Å². The second-order valence-electron chi connectivity index (χ2n) is 4.20. The molecule has 0 N–H and O–H groups in total. The maximum absolute atomic E-state index is 10.7. The van der Waals surface area contributed by atoms with Gasteiger partial charge in [-0.2, -0.15) is 8.42 Å². The zero-order chi connectivity index (χ0) is 9.64. The molecule has 1 aliphatic heterocycles. The second-order valence-corrected chi connectivity index (χ2v) is 5.85. The summed E-state index contributed by atoms with van der Waals surface area (Å²) >= 11 is 0. The van der Waals surface area contributed by atoms with E-state index in [2.05, 4.69) is 11.9 Å². The first kappa shape index (κ1) is 9.43. The molecule has 0 bridgehead atoms. The van der Waals surface area contributed by atoms with Crippen LogP contribution in [0.3, 0.4) is 0 Å². The van der Waals surface area contributed by atoms with Crippen LogP contribution in [-0.4, -0.2) is 46.3 Å². The third-order valence-corrected chi connectivity index (χ3v) is 3.59. The average molecular weight is 205 g/mol. The predicted octanol–water partition coefficient (Wildman–Crippen LogP) is -0.230. The summed E-state index contributed by atoms with van der Waals surface area (Å²) in [6.07, 6.45) is 1.11. The molecule has 2 aliphatic rings. The highest BCUT2D eigenvalue weighted by atomic mass is 32.2. The van der Waals surface area contributed by atoms with E-state index >= 15 is 0 Å². The quantitative estimate of drug-likeness (QED) is 0.597. The average Bonchev–Trinajstić information content (AvgIpc) is 2.42. The third kappa shape index (κ3) is 2.03. The molecular weight excluding hydrogens is 190 g/mol. The van der Waals surface area contributed by atoms with Crippen molar-refractivity contribution in [1.29, 1.82) is 0 Å². The van der Waals surface area contributed by atoms with Gasteiger partial charge in [0, 0.05) is 13.1 Å². The fourth-order valence-electron chi connectivity index (χ4n) is 2.31. The topological polar surface area (TPSA) is 46.6 Å². The summed E-state index contributed by atoms with van der Waals surface area (Å²) in [6.45, 7) is 2.59. The molecule has 4 nitrogen and oxygen atoms in total. The lowest BCUT2D eigenvalue weighted by atomic mass is 10.3. The number of likely N-dealkylation sites (tertiary alicyclic amines) is 1. The highest BCUT2D eigenvalue weighted by Gasteiger charge is 2.54. The van der Waals surface area contributed by atoms with Gasteiger partial charge in [-0.1, -0.05) is 0 Å². The first-order chi connectivity index (χ1) is 5.97. The molecule has 1 heterocycles. The fourth-order valence-corrected chi connectivity index (χ4v) is 2.71. The van der Waals surface area contributed by atoms with Crippen molar-refractivity contribution < 1.29 is 12.6 Å². The van der Waals surface area contributed by atoms with Crippen molar-refractivity contribution in [2.45, 2.75) is 0 Å². The first-order valence-electron chi connectivity index (χ1n) is 4.50. The van der Waals surface area contributed by atoms with Gasteiger partial charge in [-0.15, -0.1) is 0 Å². The Labute approximate surface area is 79.0 Å². The van der Waals surface area contributed by atoms with Crippen molar-refractivity contribution in [3.05, 3.63) is 0 Å². The van der Waals surface area contributed by atoms with Crippen LogP contribution in [0.2, 0.25) is 0 Å². The maximum Gasteiger partial charge on any atom is 0.264 e. The summed E-state index contributed by atoms with van der Waals surface area (Å²) in [5.74, 6) is 1.87. The number of piperidine rings is 1. The van der Waals surface area contributed by atoms with Crippen molar-refractivity contribution in [2.24, 2.45) is 17.8 Å². The van der Waals surface area contributed by atoms with E-state index < -0.39 is 10.1 Å². The Bertz CT molecular complexity index is 289.